The van der Waals surface area contributed by atoms with Crippen LogP contribution in [0.4, 0.5) is 0 Å². The Morgan fingerprint density at radius 3 is 2.21 bits per heavy atom. The van der Waals surface area contributed by atoms with Gasteiger partial charge in [0.05, 0.1) is 5.60 Å². The Morgan fingerprint density at radius 1 is 1.04 bits per heavy atom. The smallest absolute Gasteiger partial charge is 0.120 e. The van der Waals surface area contributed by atoms with Crippen LogP contribution < -0.4 is 4.74 Å². The van der Waals surface area contributed by atoms with Crippen molar-refractivity contribution in [1.82, 2.24) is 4.90 Å². The Balaban J connectivity index is 1.41. The summed E-state index contributed by atoms with van der Waals surface area (Å²) >= 11 is 5.96. The molecule has 0 amide bonds. The van der Waals surface area contributed by atoms with Crippen LogP contribution in [-0.4, -0.2) is 35.2 Å². The van der Waals surface area contributed by atoms with Crippen LogP contribution in [0.15, 0.2) is 48.5 Å². The largest absolute Gasteiger partial charge is 0.487 e. The predicted molar refractivity (Wildman–Crippen MR) is 116 cm³/mol. The van der Waals surface area contributed by atoms with E-state index in [2.05, 4.69) is 24.0 Å². The van der Waals surface area contributed by atoms with Gasteiger partial charge in [-0.2, -0.15) is 0 Å². The molecule has 3 rings (SSSR count). The Morgan fingerprint density at radius 2 is 1.64 bits per heavy atom. The molecule has 1 heterocycles. The molecule has 152 valence electrons. The second-order valence-electron chi connectivity index (χ2n) is 8.71. The van der Waals surface area contributed by atoms with Gasteiger partial charge in [-0.3, -0.25) is 0 Å². The van der Waals surface area contributed by atoms with E-state index in [1.54, 1.807) is 0 Å². The molecule has 3 nitrogen and oxygen atoms in total. The SMILES string of the molecule is CC1(Oc2ccc(Cl)cc2)CCN(CCCc2ccc(C(C)(C)O)cc2)CC1. The van der Waals surface area contributed by atoms with Crippen LogP contribution in [0, 0.1) is 0 Å². The summed E-state index contributed by atoms with van der Waals surface area (Å²) in [6.07, 6.45) is 4.30. The molecule has 1 saturated heterocycles. The fraction of sp³-hybridized carbons (Fsp3) is 0.500. The Bertz CT molecular complexity index is 742. The average molecular weight is 402 g/mol. The van der Waals surface area contributed by atoms with Gasteiger partial charge in [0, 0.05) is 18.1 Å². The summed E-state index contributed by atoms with van der Waals surface area (Å²) in [7, 11) is 0. The summed E-state index contributed by atoms with van der Waals surface area (Å²) in [5.41, 5.74) is 1.43. The number of nitrogens with zero attached hydrogens (tertiary/aromatic N) is 1. The van der Waals surface area contributed by atoms with E-state index in [-0.39, 0.29) is 5.60 Å². The molecule has 0 atom stereocenters. The van der Waals surface area contributed by atoms with Gasteiger partial charge >= 0.3 is 0 Å². The first-order valence-electron chi connectivity index (χ1n) is 10.2. The molecule has 1 fully saturated rings. The summed E-state index contributed by atoms with van der Waals surface area (Å²) in [5.74, 6) is 0.898. The summed E-state index contributed by atoms with van der Waals surface area (Å²) in [6.45, 7) is 9.11. The quantitative estimate of drug-likeness (QED) is 0.671. The standard InChI is InChI=1S/C24H32ClNO2/c1-23(2,27)20-8-6-19(7-9-20)5-4-16-26-17-14-24(3,15-18-26)28-22-12-10-21(25)11-13-22/h6-13,27H,4-5,14-18H2,1-3H3. The Kier molecular flexibility index (Phi) is 6.69. The highest BCUT2D eigenvalue weighted by atomic mass is 35.5. The monoisotopic (exact) mass is 401 g/mol. The van der Waals surface area contributed by atoms with Gasteiger partial charge in [-0.15, -0.1) is 0 Å². The molecule has 0 aromatic heterocycles. The normalized spacial score (nSPS) is 17.5. The molecule has 2 aromatic carbocycles. The summed E-state index contributed by atoms with van der Waals surface area (Å²) in [4.78, 5) is 2.54. The van der Waals surface area contributed by atoms with E-state index in [4.69, 9.17) is 16.3 Å². The van der Waals surface area contributed by atoms with Crippen molar-refractivity contribution in [3.05, 3.63) is 64.7 Å². The first kappa shape index (κ1) is 21.2. The molecule has 0 radical (unpaired) electrons. The van der Waals surface area contributed by atoms with Crippen molar-refractivity contribution >= 4 is 11.6 Å². The van der Waals surface area contributed by atoms with Crippen molar-refractivity contribution in [3.8, 4) is 5.75 Å². The third-order valence-corrected chi connectivity index (χ3v) is 5.94. The lowest BCUT2D eigenvalue weighted by Gasteiger charge is -2.39. The molecular weight excluding hydrogens is 370 g/mol. The van der Waals surface area contributed by atoms with Gasteiger partial charge in [-0.05, 0) is 88.4 Å². The number of benzene rings is 2. The van der Waals surface area contributed by atoms with E-state index in [9.17, 15) is 5.11 Å². The van der Waals surface area contributed by atoms with Crippen molar-refractivity contribution in [1.29, 1.82) is 0 Å². The fourth-order valence-corrected chi connectivity index (χ4v) is 3.85. The minimum Gasteiger partial charge on any atom is -0.487 e. The fourth-order valence-electron chi connectivity index (χ4n) is 3.72. The third kappa shape index (κ3) is 5.97. The predicted octanol–water partition coefficient (Wildman–Crippen LogP) is 5.43. The minimum absolute atomic E-state index is 0.0999. The average Bonchev–Trinajstić information content (AvgIpc) is 2.65. The molecular formula is C24H32ClNO2. The lowest BCUT2D eigenvalue weighted by Crippen LogP contribution is -2.46. The second kappa shape index (κ2) is 8.86. The molecule has 0 bridgehead atoms. The van der Waals surface area contributed by atoms with Crippen LogP contribution in [0.2, 0.25) is 5.02 Å². The maximum Gasteiger partial charge on any atom is 0.120 e. The number of hydrogen-bond donors (Lipinski definition) is 1. The van der Waals surface area contributed by atoms with Gasteiger partial charge in [-0.25, -0.2) is 0 Å². The molecule has 1 aliphatic rings. The molecule has 0 spiro atoms. The maximum atomic E-state index is 10.1. The Hall–Kier alpha value is -1.55. The van der Waals surface area contributed by atoms with Crippen LogP contribution in [0.25, 0.3) is 0 Å². The first-order chi connectivity index (χ1) is 13.2. The van der Waals surface area contributed by atoms with Crippen LogP contribution in [0.1, 0.15) is 51.2 Å². The van der Waals surface area contributed by atoms with Gasteiger partial charge in [0.15, 0.2) is 0 Å². The lowest BCUT2D eigenvalue weighted by molar-refractivity contribution is 0.0165. The topological polar surface area (TPSA) is 32.7 Å². The number of rotatable bonds is 7. The van der Waals surface area contributed by atoms with E-state index in [1.807, 2.05) is 50.2 Å². The van der Waals surface area contributed by atoms with Gasteiger partial charge < -0.3 is 14.7 Å². The number of likely N-dealkylation sites (tertiary alicyclic amines) is 1. The highest BCUT2D eigenvalue weighted by Crippen LogP contribution is 2.29. The van der Waals surface area contributed by atoms with E-state index in [1.165, 1.54) is 5.56 Å². The van der Waals surface area contributed by atoms with E-state index < -0.39 is 5.60 Å². The maximum absolute atomic E-state index is 10.1. The summed E-state index contributed by atoms with van der Waals surface area (Å²) in [5, 5.41) is 10.8. The molecule has 1 N–H and O–H groups in total. The van der Waals surface area contributed by atoms with E-state index in [0.717, 1.165) is 61.7 Å². The van der Waals surface area contributed by atoms with Crippen LogP contribution in [0.3, 0.4) is 0 Å². The molecule has 2 aromatic rings. The van der Waals surface area contributed by atoms with Gasteiger partial charge in [0.1, 0.15) is 11.4 Å². The lowest BCUT2D eigenvalue weighted by atomic mass is 9.93. The summed E-state index contributed by atoms with van der Waals surface area (Å²) in [6, 6.07) is 16.0. The van der Waals surface area contributed by atoms with Crippen molar-refractivity contribution in [2.75, 3.05) is 19.6 Å². The van der Waals surface area contributed by atoms with Crippen molar-refractivity contribution in [2.24, 2.45) is 0 Å². The van der Waals surface area contributed by atoms with Crippen molar-refractivity contribution in [2.45, 2.75) is 57.7 Å². The molecule has 0 aliphatic carbocycles. The van der Waals surface area contributed by atoms with Crippen LogP contribution in [0.5, 0.6) is 5.75 Å². The number of aryl methyl sites for hydroxylation is 1. The van der Waals surface area contributed by atoms with Crippen LogP contribution >= 0.6 is 11.6 Å². The van der Waals surface area contributed by atoms with Crippen LogP contribution in [-0.2, 0) is 12.0 Å². The first-order valence-corrected chi connectivity index (χ1v) is 10.6. The molecule has 0 saturated carbocycles. The van der Waals surface area contributed by atoms with Gasteiger partial charge in [0.25, 0.3) is 0 Å². The second-order valence-corrected chi connectivity index (χ2v) is 9.14. The summed E-state index contributed by atoms with van der Waals surface area (Å²) < 4.78 is 6.25. The zero-order valence-electron chi connectivity index (χ0n) is 17.2. The number of hydrogen-bond acceptors (Lipinski definition) is 3. The number of halogens is 1. The molecule has 4 heteroatoms. The highest BCUT2D eigenvalue weighted by Gasteiger charge is 2.31. The number of aliphatic hydroxyl groups is 1. The zero-order valence-corrected chi connectivity index (χ0v) is 18.0. The minimum atomic E-state index is -0.771. The zero-order chi connectivity index (χ0) is 20.2. The number of piperidine rings is 1. The highest BCUT2D eigenvalue weighted by molar-refractivity contribution is 6.30. The number of ether oxygens (including phenoxy) is 1. The molecule has 28 heavy (non-hydrogen) atoms. The van der Waals surface area contributed by atoms with E-state index in [0.29, 0.717) is 0 Å². The Labute approximate surface area is 174 Å². The van der Waals surface area contributed by atoms with E-state index >= 15 is 0 Å². The van der Waals surface area contributed by atoms with Gasteiger partial charge in [-0.1, -0.05) is 35.9 Å². The molecule has 0 unspecified atom stereocenters. The van der Waals surface area contributed by atoms with Gasteiger partial charge in [0.2, 0.25) is 0 Å². The third-order valence-electron chi connectivity index (χ3n) is 5.69. The van der Waals surface area contributed by atoms with Crippen molar-refractivity contribution in [3.63, 3.8) is 0 Å². The van der Waals surface area contributed by atoms with Crippen molar-refractivity contribution < 1.29 is 9.84 Å². The molecule has 1 aliphatic heterocycles.